The third kappa shape index (κ3) is 5.30. The van der Waals surface area contributed by atoms with E-state index >= 15 is 0 Å². The number of hydrogen-bond donors (Lipinski definition) is 2. The molecule has 5 nitrogen and oxygen atoms in total. The summed E-state index contributed by atoms with van der Waals surface area (Å²) < 4.78 is 6.38. The van der Waals surface area contributed by atoms with Crippen LogP contribution in [-0.2, 0) is 4.79 Å². The SMILES string of the molecule is CC(C)Oc1cc(Br)ccc1C(=O)NCCC(=O)O. The standard InChI is InChI=1S/C13H16BrNO4/c1-8(2)19-11-7-9(14)3-4-10(11)13(18)15-6-5-12(16)17/h3-4,7-8H,5-6H2,1-2H3,(H,15,18)(H,16,17). The summed E-state index contributed by atoms with van der Waals surface area (Å²) >= 11 is 3.32. The van der Waals surface area contributed by atoms with Crippen molar-refractivity contribution >= 4 is 27.8 Å². The first-order valence-electron chi connectivity index (χ1n) is 5.86. The molecule has 0 aliphatic rings. The Hall–Kier alpha value is -1.56. The number of halogens is 1. The van der Waals surface area contributed by atoms with Gasteiger partial charge in [-0.05, 0) is 32.0 Å². The van der Waals surface area contributed by atoms with Gasteiger partial charge in [-0.3, -0.25) is 9.59 Å². The highest BCUT2D eigenvalue weighted by molar-refractivity contribution is 9.10. The number of carboxylic acids is 1. The molecular weight excluding hydrogens is 314 g/mol. The van der Waals surface area contributed by atoms with Crippen LogP contribution in [0.25, 0.3) is 0 Å². The molecule has 0 aliphatic heterocycles. The van der Waals surface area contributed by atoms with Gasteiger partial charge in [-0.2, -0.15) is 0 Å². The maximum atomic E-state index is 11.9. The van der Waals surface area contributed by atoms with Crippen LogP contribution in [0.2, 0.25) is 0 Å². The summed E-state index contributed by atoms with van der Waals surface area (Å²) in [6, 6.07) is 5.09. The van der Waals surface area contributed by atoms with E-state index in [0.717, 1.165) is 4.47 Å². The van der Waals surface area contributed by atoms with Crippen molar-refractivity contribution in [2.45, 2.75) is 26.4 Å². The van der Waals surface area contributed by atoms with Crippen molar-refractivity contribution in [1.82, 2.24) is 5.32 Å². The summed E-state index contributed by atoms with van der Waals surface area (Å²) in [6.07, 6.45) is -0.164. The van der Waals surface area contributed by atoms with Gasteiger partial charge in [0.2, 0.25) is 0 Å². The van der Waals surface area contributed by atoms with Gasteiger partial charge in [0.15, 0.2) is 0 Å². The summed E-state index contributed by atoms with van der Waals surface area (Å²) in [6.45, 7) is 3.82. The van der Waals surface area contributed by atoms with Crippen LogP contribution in [0.15, 0.2) is 22.7 Å². The molecule has 1 aromatic carbocycles. The van der Waals surface area contributed by atoms with Gasteiger partial charge in [-0.25, -0.2) is 0 Å². The normalized spacial score (nSPS) is 10.3. The Morgan fingerprint density at radius 1 is 1.42 bits per heavy atom. The summed E-state index contributed by atoms with van der Waals surface area (Å²) in [5, 5.41) is 11.1. The molecule has 0 radical (unpaired) electrons. The average Bonchev–Trinajstić information content (AvgIpc) is 2.27. The Balaban J connectivity index is 2.80. The molecule has 19 heavy (non-hydrogen) atoms. The minimum atomic E-state index is -0.949. The number of rotatable bonds is 6. The number of amides is 1. The number of carboxylic acid groups (broad SMARTS) is 1. The van der Waals surface area contributed by atoms with E-state index in [9.17, 15) is 9.59 Å². The average molecular weight is 330 g/mol. The predicted octanol–water partition coefficient (Wildman–Crippen LogP) is 2.44. The number of aliphatic carboxylic acids is 1. The van der Waals surface area contributed by atoms with E-state index in [1.807, 2.05) is 13.8 Å². The second-order valence-electron chi connectivity index (χ2n) is 4.21. The van der Waals surface area contributed by atoms with Crippen molar-refractivity contribution in [2.75, 3.05) is 6.54 Å². The molecule has 0 saturated heterocycles. The lowest BCUT2D eigenvalue weighted by atomic mass is 10.2. The minimum Gasteiger partial charge on any atom is -0.490 e. The quantitative estimate of drug-likeness (QED) is 0.840. The van der Waals surface area contributed by atoms with Crippen molar-refractivity contribution in [3.63, 3.8) is 0 Å². The maximum absolute atomic E-state index is 11.9. The van der Waals surface area contributed by atoms with Crippen LogP contribution in [0.5, 0.6) is 5.75 Å². The van der Waals surface area contributed by atoms with Crippen LogP contribution in [0.3, 0.4) is 0 Å². The Morgan fingerprint density at radius 2 is 2.11 bits per heavy atom. The molecule has 0 unspecified atom stereocenters. The number of carbonyl (C=O) groups is 2. The monoisotopic (exact) mass is 329 g/mol. The molecule has 2 N–H and O–H groups in total. The molecule has 1 aromatic rings. The summed E-state index contributed by atoms with van der Waals surface area (Å²) in [7, 11) is 0. The minimum absolute atomic E-state index is 0.0557. The molecule has 1 rings (SSSR count). The Labute approximate surface area is 120 Å². The zero-order chi connectivity index (χ0) is 14.4. The number of ether oxygens (including phenoxy) is 1. The first-order chi connectivity index (χ1) is 8.90. The number of hydrogen-bond acceptors (Lipinski definition) is 3. The van der Waals surface area contributed by atoms with Gasteiger partial charge >= 0.3 is 5.97 Å². The van der Waals surface area contributed by atoms with E-state index in [4.69, 9.17) is 9.84 Å². The highest BCUT2D eigenvalue weighted by Gasteiger charge is 2.14. The second kappa shape index (κ2) is 7.13. The van der Waals surface area contributed by atoms with Gasteiger partial charge in [0, 0.05) is 11.0 Å². The third-order valence-electron chi connectivity index (χ3n) is 2.18. The molecule has 0 saturated carbocycles. The molecule has 0 bridgehead atoms. The van der Waals surface area contributed by atoms with Crippen LogP contribution < -0.4 is 10.1 Å². The van der Waals surface area contributed by atoms with Crippen LogP contribution in [0.1, 0.15) is 30.6 Å². The van der Waals surface area contributed by atoms with Crippen molar-refractivity contribution in [2.24, 2.45) is 0 Å². The summed E-state index contributed by atoms with van der Waals surface area (Å²) in [5.74, 6) is -0.823. The molecule has 104 valence electrons. The highest BCUT2D eigenvalue weighted by Crippen LogP contribution is 2.24. The smallest absolute Gasteiger partial charge is 0.305 e. The third-order valence-corrected chi connectivity index (χ3v) is 2.67. The molecular formula is C13H16BrNO4. The molecule has 1 amide bonds. The first-order valence-corrected chi connectivity index (χ1v) is 6.65. The molecule has 0 aromatic heterocycles. The van der Waals surface area contributed by atoms with Crippen LogP contribution in [0.4, 0.5) is 0 Å². The van der Waals surface area contributed by atoms with Gasteiger partial charge in [-0.15, -0.1) is 0 Å². The number of carbonyl (C=O) groups excluding carboxylic acids is 1. The lowest BCUT2D eigenvalue weighted by molar-refractivity contribution is -0.136. The van der Waals surface area contributed by atoms with Crippen molar-refractivity contribution < 1.29 is 19.4 Å². The van der Waals surface area contributed by atoms with E-state index in [1.54, 1.807) is 18.2 Å². The lowest BCUT2D eigenvalue weighted by Gasteiger charge is -2.14. The zero-order valence-corrected chi connectivity index (χ0v) is 12.4. The van der Waals surface area contributed by atoms with Gasteiger partial charge in [0.1, 0.15) is 5.75 Å². The fourth-order valence-electron chi connectivity index (χ4n) is 1.41. The van der Waals surface area contributed by atoms with Crippen molar-refractivity contribution in [3.8, 4) is 5.75 Å². The molecule has 0 heterocycles. The topological polar surface area (TPSA) is 75.6 Å². The fourth-order valence-corrected chi connectivity index (χ4v) is 1.75. The fraction of sp³-hybridized carbons (Fsp3) is 0.385. The second-order valence-corrected chi connectivity index (χ2v) is 5.12. The molecule has 0 spiro atoms. The van der Waals surface area contributed by atoms with Crippen molar-refractivity contribution in [1.29, 1.82) is 0 Å². The largest absolute Gasteiger partial charge is 0.490 e. The molecule has 6 heteroatoms. The van der Waals surface area contributed by atoms with Gasteiger partial charge in [-0.1, -0.05) is 15.9 Å². The summed E-state index contributed by atoms with van der Waals surface area (Å²) in [5.41, 5.74) is 0.391. The van der Waals surface area contributed by atoms with Gasteiger partial charge < -0.3 is 15.2 Å². The van der Waals surface area contributed by atoms with E-state index in [0.29, 0.717) is 11.3 Å². The van der Waals surface area contributed by atoms with E-state index in [-0.39, 0.29) is 25.0 Å². The van der Waals surface area contributed by atoms with Gasteiger partial charge in [0.25, 0.3) is 5.91 Å². The predicted molar refractivity (Wildman–Crippen MR) is 74.5 cm³/mol. The molecule has 0 aliphatic carbocycles. The zero-order valence-electron chi connectivity index (χ0n) is 10.8. The summed E-state index contributed by atoms with van der Waals surface area (Å²) in [4.78, 5) is 22.3. The van der Waals surface area contributed by atoms with Crippen molar-refractivity contribution in [3.05, 3.63) is 28.2 Å². The Morgan fingerprint density at radius 3 is 2.68 bits per heavy atom. The first kappa shape index (κ1) is 15.5. The van der Waals surface area contributed by atoms with E-state index < -0.39 is 5.97 Å². The van der Waals surface area contributed by atoms with Gasteiger partial charge in [0.05, 0.1) is 18.1 Å². The van der Waals surface area contributed by atoms with E-state index in [1.165, 1.54) is 0 Å². The Kier molecular flexibility index (Phi) is 5.82. The Bertz CT molecular complexity index is 474. The highest BCUT2D eigenvalue weighted by atomic mass is 79.9. The number of benzene rings is 1. The molecule has 0 atom stereocenters. The van der Waals surface area contributed by atoms with Crippen LogP contribution in [-0.4, -0.2) is 29.6 Å². The molecule has 0 fully saturated rings. The maximum Gasteiger partial charge on any atom is 0.305 e. The van der Waals surface area contributed by atoms with E-state index in [2.05, 4.69) is 21.2 Å². The number of nitrogens with one attached hydrogen (secondary N) is 1. The van der Waals surface area contributed by atoms with Crippen LogP contribution >= 0.6 is 15.9 Å². The van der Waals surface area contributed by atoms with Crippen LogP contribution in [0, 0.1) is 0 Å². The lowest BCUT2D eigenvalue weighted by Crippen LogP contribution is -2.26.